The van der Waals surface area contributed by atoms with E-state index < -0.39 is 0 Å². The molecule has 0 saturated carbocycles. The van der Waals surface area contributed by atoms with Gasteiger partial charge >= 0.3 is 0 Å². The molecule has 0 amide bonds. The molecule has 1 unspecified atom stereocenters. The third-order valence-electron chi connectivity index (χ3n) is 3.00. The van der Waals surface area contributed by atoms with Gasteiger partial charge in [0.15, 0.2) is 0 Å². The van der Waals surface area contributed by atoms with E-state index in [1.165, 1.54) is 29.7 Å². The molecule has 0 radical (unpaired) electrons. The van der Waals surface area contributed by atoms with Crippen LogP contribution in [0.3, 0.4) is 0 Å². The van der Waals surface area contributed by atoms with Crippen molar-refractivity contribution in [3.63, 3.8) is 0 Å². The molecular weight excluding hydrogens is 198 g/mol. The molecule has 1 aromatic rings. The normalized spacial score (nSPS) is 19.4. The highest BCUT2D eigenvalue weighted by atomic mass is 16.5. The van der Waals surface area contributed by atoms with Gasteiger partial charge in [-0.25, -0.2) is 0 Å². The van der Waals surface area contributed by atoms with E-state index in [9.17, 15) is 0 Å². The number of fused-ring (bicyclic) bond motifs is 1. The fourth-order valence-electron chi connectivity index (χ4n) is 2.06. The largest absolute Gasteiger partial charge is 0.382 e. The molecule has 2 rings (SSSR count). The van der Waals surface area contributed by atoms with Crippen molar-refractivity contribution in [1.29, 1.82) is 0 Å². The van der Waals surface area contributed by atoms with E-state index in [4.69, 9.17) is 4.74 Å². The standard InChI is InChI=1S/C14H21NO/c1-10(2)16-9-12-5-7-14-13(8-12)6-4-11(3)15-14/h5,7-8,10-11,15H,4,6,9H2,1-3H3. The Bertz CT molecular complexity index is 360. The van der Waals surface area contributed by atoms with Gasteiger partial charge in [0.05, 0.1) is 12.7 Å². The van der Waals surface area contributed by atoms with Crippen molar-refractivity contribution in [3.8, 4) is 0 Å². The van der Waals surface area contributed by atoms with Crippen LogP contribution in [-0.2, 0) is 17.8 Å². The van der Waals surface area contributed by atoms with E-state index in [1.54, 1.807) is 0 Å². The predicted octanol–water partition coefficient (Wildman–Crippen LogP) is 3.36. The molecule has 2 heteroatoms. The van der Waals surface area contributed by atoms with E-state index in [0.717, 1.165) is 6.61 Å². The van der Waals surface area contributed by atoms with Gasteiger partial charge in [0.1, 0.15) is 0 Å². The van der Waals surface area contributed by atoms with Gasteiger partial charge in [-0.15, -0.1) is 0 Å². The molecule has 0 aromatic heterocycles. The second-order valence-corrected chi connectivity index (χ2v) is 4.94. The molecule has 1 aromatic carbocycles. The molecule has 0 spiro atoms. The first-order valence-electron chi connectivity index (χ1n) is 6.15. The van der Waals surface area contributed by atoms with Crippen LogP contribution in [0.5, 0.6) is 0 Å². The van der Waals surface area contributed by atoms with Crippen LogP contribution in [0.15, 0.2) is 18.2 Å². The number of ether oxygens (including phenoxy) is 1. The topological polar surface area (TPSA) is 21.3 Å². The highest BCUT2D eigenvalue weighted by molar-refractivity contribution is 5.55. The van der Waals surface area contributed by atoms with E-state index in [2.05, 4.69) is 44.3 Å². The van der Waals surface area contributed by atoms with Crippen LogP contribution < -0.4 is 5.32 Å². The highest BCUT2D eigenvalue weighted by Crippen LogP contribution is 2.25. The quantitative estimate of drug-likeness (QED) is 0.841. The first-order chi connectivity index (χ1) is 7.65. The molecule has 0 bridgehead atoms. The third-order valence-corrected chi connectivity index (χ3v) is 3.00. The SMILES string of the molecule is CC1CCc2cc(COC(C)C)ccc2N1. The van der Waals surface area contributed by atoms with Crippen molar-refractivity contribution in [2.24, 2.45) is 0 Å². The Morgan fingerprint density at radius 3 is 3.00 bits per heavy atom. The van der Waals surface area contributed by atoms with E-state index in [-0.39, 0.29) is 0 Å². The summed E-state index contributed by atoms with van der Waals surface area (Å²) in [6, 6.07) is 7.22. The van der Waals surface area contributed by atoms with Crippen LogP contribution in [0, 0.1) is 0 Å². The Kier molecular flexibility index (Phi) is 3.49. The number of hydrogen-bond donors (Lipinski definition) is 1. The summed E-state index contributed by atoms with van der Waals surface area (Å²) in [5.41, 5.74) is 4.01. The van der Waals surface area contributed by atoms with Crippen LogP contribution in [0.1, 0.15) is 38.3 Å². The minimum atomic E-state index is 0.300. The maximum atomic E-state index is 5.62. The van der Waals surface area contributed by atoms with Crippen molar-refractivity contribution < 1.29 is 4.74 Å². The van der Waals surface area contributed by atoms with Gasteiger partial charge in [-0.1, -0.05) is 12.1 Å². The van der Waals surface area contributed by atoms with Crippen LogP contribution in [0.25, 0.3) is 0 Å². The van der Waals surface area contributed by atoms with Crippen molar-refractivity contribution in [3.05, 3.63) is 29.3 Å². The van der Waals surface area contributed by atoms with Crippen molar-refractivity contribution in [2.75, 3.05) is 5.32 Å². The van der Waals surface area contributed by atoms with Gasteiger partial charge in [0.25, 0.3) is 0 Å². The molecule has 1 heterocycles. The summed E-state index contributed by atoms with van der Waals surface area (Å²) in [7, 11) is 0. The molecule has 1 N–H and O–H groups in total. The summed E-state index contributed by atoms with van der Waals surface area (Å²) in [5.74, 6) is 0. The average molecular weight is 219 g/mol. The van der Waals surface area contributed by atoms with Gasteiger partial charge < -0.3 is 10.1 Å². The van der Waals surface area contributed by atoms with Crippen LogP contribution in [0.4, 0.5) is 5.69 Å². The summed E-state index contributed by atoms with van der Waals surface area (Å²) >= 11 is 0. The fourth-order valence-corrected chi connectivity index (χ4v) is 2.06. The minimum Gasteiger partial charge on any atom is -0.382 e. The van der Waals surface area contributed by atoms with Gasteiger partial charge in [0.2, 0.25) is 0 Å². The van der Waals surface area contributed by atoms with Crippen molar-refractivity contribution in [1.82, 2.24) is 0 Å². The molecule has 1 atom stereocenters. The zero-order chi connectivity index (χ0) is 11.5. The van der Waals surface area contributed by atoms with Crippen LogP contribution in [0.2, 0.25) is 0 Å². The number of aryl methyl sites for hydroxylation is 1. The molecule has 0 saturated heterocycles. The Balaban J connectivity index is 2.07. The summed E-state index contributed by atoms with van der Waals surface area (Å²) in [5, 5.41) is 3.51. The van der Waals surface area contributed by atoms with E-state index >= 15 is 0 Å². The lowest BCUT2D eigenvalue weighted by atomic mass is 9.97. The molecule has 0 fully saturated rings. The lowest BCUT2D eigenvalue weighted by molar-refractivity contribution is 0.0657. The summed E-state index contributed by atoms with van der Waals surface area (Å²) in [4.78, 5) is 0. The number of rotatable bonds is 3. The summed E-state index contributed by atoms with van der Waals surface area (Å²) in [6.07, 6.45) is 2.70. The summed E-state index contributed by atoms with van der Waals surface area (Å²) < 4.78 is 5.62. The maximum absolute atomic E-state index is 5.62. The zero-order valence-electron chi connectivity index (χ0n) is 10.4. The summed E-state index contributed by atoms with van der Waals surface area (Å²) in [6.45, 7) is 7.10. The van der Waals surface area contributed by atoms with Gasteiger partial charge in [-0.05, 0) is 50.8 Å². The second kappa shape index (κ2) is 4.88. The Labute approximate surface area is 98.0 Å². The number of anilines is 1. The second-order valence-electron chi connectivity index (χ2n) is 4.94. The van der Waals surface area contributed by atoms with E-state index in [0.29, 0.717) is 12.1 Å². The molecule has 2 nitrogen and oxygen atoms in total. The molecular formula is C14H21NO. The zero-order valence-corrected chi connectivity index (χ0v) is 10.4. The fraction of sp³-hybridized carbons (Fsp3) is 0.571. The van der Waals surface area contributed by atoms with Gasteiger partial charge in [0, 0.05) is 11.7 Å². The highest BCUT2D eigenvalue weighted by Gasteiger charge is 2.13. The molecule has 1 aliphatic rings. The lowest BCUT2D eigenvalue weighted by Gasteiger charge is -2.24. The number of nitrogens with one attached hydrogen (secondary N) is 1. The number of benzene rings is 1. The monoisotopic (exact) mass is 219 g/mol. The smallest absolute Gasteiger partial charge is 0.0720 e. The average Bonchev–Trinajstić information content (AvgIpc) is 2.26. The van der Waals surface area contributed by atoms with Gasteiger partial charge in [-0.2, -0.15) is 0 Å². The third kappa shape index (κ3) is 2.76. The van der Waals surface area contributed by atoms with E-state index in [1.807, 2.05) is 0 Å². The Hall–Kier alpha value is -1.02. The minimum absolute atomic E-state index is 0.300. The first kappa shape index (κ1) is 11.5. The maximum Gasteiger partial charge on any atom is 0.0720 e. The van der Waals surface area contributed by atoms with Crippen LogP contribution in [-0.4, -0.2) is 12.1 Å². The lowest BCUT2D eigenvalue weighted by Crippen LogP contribution is -2.21. The first-order valence-corrected chi connectivity index (χ1v) is 6.15. The molecule has 0 aliphatic carbocycles. The van der Waals surface area contributed by atoms with Crippen LogP contribution >= 0.6 is 0 Å². The Morgan fingerprint density at radius 2 is 2.25 bits per heavy atom. The molecule has 16 heavy (non-hydrogen) atoms. The van der Waals surface area contributed by atoms with Gasteiger partial charge in [-0.3, -0.25) is 0 Å². The van der Waals surface area contributed by atoms with Crippen molar-refractivity contribution in [2.45, 2.75) is 52.4 Å². The molecule has 88 valence electrons. The Morgan fingerprint density at radius 1 is 1.44 bits per heavy atom. The van der Waals surface area contributed by atoms with Crippen molar-refractivity contribution >= 4 is 5.69 Å². The predicted molar refractivity (Wildman–Crippen MR) is 67.8 cm³/mol. The molecule has 1 aliphatic heterocycles. The number of hydrogen-bond acceptors (Lipinski definition) is 2.